The summed E-state index contributed by atoms with van der Waals surface area (Å²) < 4.78 is 5.54. The Morgan fingerprint density at radius 1 is 1.28 bits per heavy atom. The molecule has 6 nitrogen and oxygen atoms in total. The van der Waals surface area contributed by atoms with Gasteiger partial charge in [-0.2, -0.15) is 0 Å². The summed E-state index contributed by atoms with van der Waals surface area (Å²) in [6, 6.07) is 7.15. The van der Waals surface area contributed by atoms with Gasteiger partial charge < -0.3 is 20.3 Å². The SMILES string of the molecule is CCN1C(=S)N[C@@H](c2ccc(NC(=O)C3CC3)cc2)C(C(=O)OCC(C)C)=C1C. The molecule has 1 fully saturated rings. The van der Waals surface area contributed by atoms with Crippen molar-refractivity contribution in [3.8, 4) is 0 Å². The van der Waals surface area contributed by atoms with Crippen LogP contribution >= 0.6 is 12.2 Å². The zero-order valence-electron chi connectivity index (χ0n) is 17.5. The summed E-state index contributed by atoms with van der Waals surface area (Å²) in [5, 5.41) is 6.80. The maximum Gasteiger partial charge on any atom is 0.338 e. The Balaban J connectivity index is 1.86. The number of esters is 1. The number of nitrogens with one attached hydrogen (secondary N) is 2. The van der Waals surface area contributed by atoms with E-state index in [0.29, 0.717) is 23.8 Å². The van der Waals surface area contributed by atoms with Gasteiger partial charge in [-0.05, 0) is 62.5 Å². The number of carbonyl (C=O) groups excluding carboxylic acids is 2. The van der Waals surface area contributed by atoms with Crippen LogP contribution < -0.4 is 10.6 Å². The molecular formula is C22H29N3O3S. The fourth-order valence-corrected chi connectivity index (χ4v) is 3.73. The van der Waals surface area contributed by atoms with Gasteiger partial charge in [0.2, 0.25) is 5.91 Å². The van der Waals surface area contributed by atoms with Crippen LogP contribution in [0.4, 0.5) is 5.69 Å². The minimum atomic E-state index is -0.391. The van der Waals surface area contributed by atoms with Crippen LogP contribution in [0.5, 0.6) is 0 Å². The van der Waals surface area contributed by atoms with Gasteiger partial charge in [0.25, 0.3) is 0 Å². The summed E-state index contributed by atoms with van der Waals surface area (Å²) in [6.07, 6.45) is 1.93. The van der Waals surface area contributed by atoms with Crippen LogP contribution in [0.2, 0.25) is 0 Å². The second-order valence-corrected chi connectivity index (χ2v) is 8.39. The van der Waals surface area contributed by atoms with Gasteiger partial charge in [-0.3, -0.25) is 4.79 Å². The Labute approximate surface area is 177 Å². The lowest BCUT2D eigenvalue weighted by molar-refractivity contribution is -0.140. The molecule has 29 heavy (non-hydrogen) atoms. The van der Waals surface area contributed by atoms with E-state index in [2.05, 4.69) is 10.6 Å². The predicted octanol–water partition coefficient (Wildman–Crippen LogP) is 3.76. The van der Waals surface area contributed by atoms with E-state index in [1.807, 2.05) is 56.9 Å². The van der Waals surface area contributed by atoms with E-state index in [4.69, 9.17) is 17.0 Å². The molecule has 1 atom stereocenters. The number of thiocarbonyl (C=S) groups is 1. The Bertz CT molecular complexity index is 828. The molecule has 1 amide bonds. The standard InChI is InChI=1S/C22H29N3O3S/c1-5-25-14(4)18(21(27)28-12-13(2)3)19(24-22(25)29)15-8-10-17(11-9-15)23-20(26)16-6-7-16/h8-11,13,16,19H,5-7,12H2,1-4H3,(H,23,26)(H,24,29)/t19-/m0/s1. The molecule has 0 spiro atoms. The Kier molecular flexibility index (Phi) is 6.57. The number of hydrogen-bond donors (Lipinski definition) is 2. The van der Waals surface area contributed by atoms with Crippen LogP contribution in [0.15, 0.2) is 35.5 Å². The third kappa shape index (κ3) is 4.96. The fraction of sp³-hybridized carbons (Fsp3) is 0.500. The lowest BCUT2D eigenvalue weighted by Crippen LogP contribution is -2.47. The second kappa shape index (κ2) is 8.95. The van der Waals surface area contributed by atoms with Gasteiger partial charge in [-0.15, -0.1) is 0 Å². The van der Waals surface area contributed by atoms with Crippen molar-refractivity contribution >= 4 is 34.9 Å². The molecule has 0 radical (unpaired) electrons. The molecule has 0 unspecified atom stereocenters. The molecule has 1 aliphatic heterocycles. The van der Waals surface area contributed by atoms with Crippen LogP contribution in [-0.4, -0.2) is 35.0 Å². The largest absolute Gasteiger partial charge is 0.462 e. The van der Waals surface area contributed by atoms with Gasteiger partial charge in [0.1, 0.15) is 0 Å². The molecule has 1 aromatic carbocycles. The molecule has 0 saturated heterocycles. The number of ether oxygens (including phenoxy) is 1. The monoisotopic (exact) mass is 415 g/mol. The molecule has 0 bridgehead atoms. The first-order valence-corrected chi connectivity index (χ1v) is 10.6. The summed E-state index contributed by atoms with van der Waals surface area (Å²) in [5.74, 6) is 0.148. The smallest absolute Gasteiger partial charge is 0.338 e. The van der Waals surface area contributed by atoms with Crippen LogP contribution in [0.3, 0.4) is 0 Å². The van der Waals surface area contributed by atoms with Crippen molar-refractivity contribution in [2.45, 2.75) is 46.6 Å². The van der Waals surface area contributed by atoms with Crippen LogP contribution in [-0.2, 0) is 14.3 Å². The van der Waals surface area contributed by atoms with Crippen molar-refractivity contribution < 1.29 is 14.3 Å². The molecule has 3 rings (SSSR count). The molecule has 1 saturated carbocycles. The normalized spacial score (nSPS) is 19.3. The van der Waals surface area contributed by atoms with Gasteiger partial charge >= 0.3 is 5.97 Å². The van der Waals surface area contributed by atoms with Crippen molar-refractivity contribution in [2.24, 2.45) is 11.8 Å². The minimum Gasteiger partial charge on any atom is -0.462 e. The van der Waals surface area contributed by atoms with Crippen molar-refractivity contribution in [3.63, 3.8) is 0 Å². The molecule has 2 aliphatic rings. The van der Waals surface area contributed by atoms with E-state index in [1.165, 1.54) is 0 Å². The van der Waals surface area contributed by atoms with Crippen molar-refractivity contribution in [1.82, 2.24) is 10.2 Å². The summed E-state index contributed by atoms with van der Waals surface area (Å²) in [4.78, 5) is 26.8. The minimum absolute atomic E-state index is 0.0713. The Morgan fingerprint density at radius 3 is 2.48 bits per heavy atom. The third-order valence-corrected chi connectivity index (χ3v) is 5.48. The topological polar surface area (TPSA) is 70.7 Å². The Morgan fingerprint density at radius 2 is 1.93 bits per heavy atom. The van der Waals surface area contributed by atoms with E-state index in [1.54, 1.807) is 0 Å². The van der Waals surface area contributed by atoms with E-state index < -0.39 is 6.04 Å². The molecule has 1 aliphatic carbocycles. The molecule has 1 heterocycles. The number of carbonyl (C=O) groups is 2. The van der Waals surface area contributed by atoms with E-state index in [-0.39, 0.29) is 23.7 Å². The maximum atomic E-state index is 12.9. The lowest BCUT2D eigenvalue weighted by Gasteiger charge is -2.37. The Hall–Kier alpha value is -2.41. The fourth-order valence-electron chi connectivity index (χ4n) is 3.35. The number of benzene rings is 1. The summed E-state index contributed by atoms with van der Waals surface area (Å²) >= 11 is 5.52. The first-order valence-electron chi connectivity index (χ1n) is 10.2. The number of nitrogens with zero attached hydrogens (tertiary/aromatic N) is 1. The van der Waals surface area contributed by atoms with Crippen molar-refractivity contribution in [3.05, 3.63) is 41.1 Å². The quantitative estimate of drug-likeness (QED) is 0.522. The number of allylic oxidation sites excluding steroid dienone is 1. The molecule has 156 valence electrons. The number of rotatable bonds is 7. The highest BCUT2D eigenvalue weighted by molar-refractivity contribution is 7.80. The van der Waals surface area contributed by atoms with Crippen molar-refractivity contribution in [1.29, 1.82) is 0 Å². The third-order valence-electron chi connectivity index (χ3n) is 5.14. The van der Waals surface area contributed by atoms with Gasteiger partial charge in [0.15, 0.2) is 5.11 Å². The molecule has 1 aromatic rings. The molecular weight excluding hydrogens is 386 g/mol. The average molecular weight is 416 g/mol. The number of hydrogen-bond acceptors (Lipinski definition) is 4. The number of anilines is 1. The second-order valence-electron chi connectivity index (χ2n) is 8.00. The summed E-state index contributed by atoms with van der Waals surface area (Å²) in [7, 11) is 0. The molecule has 2 N–H and O–H groups in total. The van der Waals surface area contributed by atoms with Crippen LogP contribution in [0.1, 0.15) is 52.1 Å². The zero-order chi connectivity index (χ0) is 21.1. The van der Waals surface area contributed by atoms with Gasteiger partial charge in [0, 0.05) is 23.8 Å². The molecule has 0 aromatic heterocycles. The van der Waals surface area contributed by atoms with Crippen LogP contribution in [0.25, 0.3) is 0 Å². The summed E-state index contributed by atoms with van der Waals surface area (Å²) in [6.45, 7) is 8.94. The van der Waals surface area contributed by atoms with Gasteiger partial charge in [-0.25, -0.2) is 4.79 Å². The summed E-state index contributed by atoms with van der Waals surface area (Å²) in [5.41, 5.74) is 3.02. The predicted molar refractivity (Wildman–Crippen MR) is 117 cm³/mol. The zero-order valence-corrected chi connectivity index (χ0v) is 18.3. The van der Waals surface area contributed by atoms with Crippen molar-refractivity contribution in [2.75, 3.05) is 18.5 Å². The van der Waals surface area contributed by atoms with Gasteiger partial charge in [-0.1, -0.05) is 26.0 Å². The van der Waals surface area contributed by atoms with Crippen LogP contribution in [0, 0.1) is 11.8 Å². The lowest BCUT2D eigenvalue weighted by atomic mass is 9.94. The maximum absolute atomic E-state index is 12.9. The highest BCUT2D eigenvalue weighted by Gasteiger charge is 2.34. The highest BCUT2D eigenvalue weighted by Crippen LogP contribution is 2.33. The first-order chi connectivity index (χ1) is 13.8. The van der Waals surface area contributed by atoms with E-state index in [9.17, 15) is 9.59 Å². The van der Waals surface area contributed by atoms with E-state index in [0.717, 1.165) is 29.8 Å². The van der Waals surface area contributed by atoms with Gasteiger partial charge in [0.05, 0.1) is 18.2 Å². The average Bonchev–Trinajstić information content (AvgIpc) is 3.52. The van der Waals surface area contributed by atoms with E-state index >= 15 is 0 Å². The molecule has 7 heteroatoms. The highest BCUT2D eigenvalue weighted by atomic mass is 32.1. The first kappa shape index (κ1) is 21.3. The number of amides is 1.